The van der Waals surface area contributed by atoms with Gasteiger partial charge in [-0.15, -0.1) is 0 Å². The van der Waals surface area contributed by atoms with Gasteiger partial charge in [-0.3, -0.25) is 10.1 Å². The normalized spacial score (nSPS) is 16.3. The monoisotopic (exact) mass is 342 g/mol. The van der Waals surface area contributed by atoms with E-state index in [1.165, 1.54) is 19.4 Å². The maximum Gasteiger partial charge on any atom is 0.311 e. The number of hydrogen-bond acceptors (Lipinski definition) is 6. The van der Waals surface area contributed by atoms with Crippen molar-refractivity contribution in [2.24, 2.45) is 5.92 Å². The van der Waals surface area contributed by atoms with Crippen LogP contribution in [0.2, 0.25) is 0 Å². The van der Waals surface area contributed by atoms with Crippen LogP contribution in [-0.4, -0.2) is 45.5 Å². The molecule has 0 amide bonds. The van der Waals surface area contributed by atoms with Crippen LogP contribution in [0.15, 0.2) is 18.2 Å². The van der Waals surface area contributed by atoms with Crippen LogP contribution in [0.5, 0.6) is 5.75 Å². The Bertz CT molecular complexity index is 666. The minimum atomic E-state index is -2.91. The van der Waals surface area contributed by atoms with E-state index in [1.807, 2.05) is 0 Å². The molecule has 1 aliphatic heterocycles. The van der Waals surface area contributed by atoms with Crippen molar-refractivity contribution in [3.8, 4) is 5.75 Å². The Hall–Kier alpha value is -1.83. The van der Waals surface area contributed by atoms with Gasteiger partial charge in [0.15, 0.2) is 5.75 Å². The molecule has 1 saturated heterocycles. The summed E-state index contributed by atoms with van der Waals surface area (Å²) >= 11 is 0. The number of anilines is 1. The number of nitrogens with zero attached hydrogens (tertiary/aromatic N) is 2. The van der Waals surface area contributed by atoms with Crippen LogP contribution >= 0.6 is 0 Å². The molecule has 0 radical (unpaired) electrons. The number of piperidine rings is 1. The van der Waals surface area contributed by atoms with Crippen molar-refractivity contribution >= 4 is 21.2 Å². The largest absolute Gasteiger partial charge is 0.490 e. The zero-order valence-corrected chi connectivity index (χ0v) is 14.2. The minimum absolute atomic E-state index is 0.0423. The van der Waals surface area contributed by atoms with Gasteiger partial charge in [0, 0.05) is 37.2 Å². The summed E-state index contributed by atoms with van der Waals surface area (Å²) in [4.78, 5) is 12.6. The lowest BCUT2D eigenvalue weighted by molar-refractivity contribution is -0.385. The summed E-state index contributed by atoms with van der Waals surface area (Å²) in [7, 11) is -1.48. The second kappa shape index (κ2) is 7.16. The van der Waals surface area contributed by atoms with E-state index < -0.39 is 14.8 Å². The predicted molar refractivity (Wildman–Crippen MR) is 88.9 cm³/mol. The Kier molecular flexibility index (Phi) is 5.46. The molecule has 0 aromatic heterocycles. The molecular formula is C15H22N2O5S. The highest BCUT2D eigenvalue weighted by Gasteiger charge is 2.22. The zero-order chi connectivity index (χ0) is 17.0. The minimum Gasteiger partial charge on any atom is -0.490 e. The third kappa shape index (κ3) is 4.82. The van der Waals surface area contributed by atoms with E-state index >= 15 is 0 Å². The van der Waals surface area contributed by atoms with E-state index in [1.54, 1.807) is 12.1 Å². The third-order valence-corrected chi connectivity index (χ3v) is 5.21. The number of rotatable bonds is 6. The molecule has 23 heavy (non-hydrogen) atoms. The highest BCUT2D eigenvalue weighted by Crippen LogP contribution is 2.33. The van der Waals surface area contributed by atoms with Gasteiger partial charge in [-0.1, -0.05) is 0 Å². The van der Waals surface area contributed by atoms with Crippen LogP contribution < -0.4 is 9.64 Å². The Labute approximate surface area is 136 Å². The fourth-order valence-corrected chi connectivity index (χ4v) is 3.64. The third-order valence-electron chi connectivity index (χ3n) is 4.24. The van der Waals surface area contributed by atoms with Crippen molar-refractivity contribution in [2.45, 2.75) is 19.3 Å². The van der Waals surface area contributed by atoms with E-state index in [0.29, 0.717) is 12.3 Å². The van der Waals surface area contributed by atoms with E-state index in [9.17, 15) is 18.5 Å². The molecule has 0 unspecified atom stereocenters. The smallest absolute Gasteiger partial charge is 0.311 e. The molecule has 2 rings (SSSR count). The summed E-state index contributed by atoms with van der Waals surface area (Å²) in [6.45, 7) is 1.63. The molecule has 0 bridgehead atoms. The molecule has 8 heteroatoms. The summed E-state index contributed by atoms with van der Waals surface area (Å²) < 4.78 is 27.6. The Balaban J connectivity index is 1.99. The van der Waals surface area contributed by atoms with Crippen LogP contribution in [0.4, 0.5) is 11.4 Å². The van der Waals surface area contributed by atoms with Crippen LogP contribution in [-0.2, 0) is 9.84 Å². The first-order valence-electron chi connectivity index (χ1n) is 7.55. The van der Waals surface area contributed by atoms with Gasteiger partial charge in [0.2, 0.25) is 0 Å². The lowest BCUT2D eigenvalue weighted by atomic mass is 9.94. The van der Waals surface area contributed by atoms with Crippen LogP contribution in [0, 0.1) is 16.0 Å². The average molecular weight is 342 g/mol. The molecule has 0 aliphatic carbocycles. The molecule has 0 spiro atoms. The van der Waals surface area contributed by atoms with Crippen molar-refractivity contribution in [2.75, 3.05) is 37.1 Å². The molecule has 0 saturated carbocycles. The van der Waals surface area contributed by atoms with Crippen molar-refractivity contribution in [1.29, 1.82) is 0 Å². The first-order chi connectivity index (χ1) is 10.8. The maximum atomic E-state index is 11.2. The van der Waals surface area contributed by atoms with Gasteiger partial charge in [0.05, 0.1) is 17.8 Å². The van der Waals surface area contributed by atoms with E-state index in [0.717, 1.165) is 31.6 Å². The van der Waals surface area contributed by atoms with Gasteiger partial charge < -0.3 is 9.64 Å². The molecule has 1 aromatic carbocycles. The van der Waals surface area contributed by atoms with Gasteiger partial charge in [-0.05, 0) is 31.2 Å². The van der Waals surface area contributed by atoms with Crippen molar-refractivity contribution in [1.82, 2.24) is 0 Å². The van der Waals surface area contributed by atoms with Gasteiger partial charge in [-0.2, -0.15) is 0 Å². The second-order valence-corrected chi connectivity index (χ2v) is 8.22. The standard InChI is InChI=1S/C15H22N2O5S/c1-22-15-11-13(3-4-14(15)17(18)19)16-8-5-12(6-9-16)7-10-23(2,20)21/h3-4,11-12H,5-10H2,1-2H3. The predicted octanol–water partition coefficient (Wildman–Crippen LogP) is 2.25. The Morgan fingerprint density at radius 3 is 2.52 bits per heavy atom. The number of benzene rings is 1. The highest BCUT2D eigenvalue weighted by molar-refractivity contribution is 7.90. The van der Waals surface area contributed by atoms with Crippen LogP contribution in [0.3, 0.4) is 0 Å². The second-order valence-electron chi connectivity index (χ2n) is 5.96. The number of methoxy groups -OCH3 is 1. The van der Waals surface area contributed by atoms with Crippen molar-refractivity contribution < 1.29 is 18.1 Å². The number of nitro groups is 1. The van der Waals surface area contributed by atoms with Crippen molar-refractivity contribution in [3.63, 3.8) is 0 Å². The fraction of sp³-hybridized carbons (Fsp3) is 0.600. The van der Waals surface area contributed by atoms with E-state index in [2.05, 4.69) is 4.90 Å². The molecule has 0 atom stereocenters. The van der Waals surface area contributed by atoms with Gasteiger partial charge in [0.25, 0.3) is 0 Å². The molecule has 1 aliphatic rings. The van der Waals surface area contributed by atoms with Gasteiger partial charge in [0.1, 0.15) is 9.84 Å². The lowest BCUT2D eigenvalue weighted by Crippen LogP contribution is -2.34. The quantitative estimate of drug-likeness (QED) is 0.582. The number of sulfone groups is 1. The summed E-state index contributed by atoms with van der Waals surface area (Å²) in [5, 5.41) is 10.9. The van der Waals surface area contributed by atoms with E-state index in [-0.39, 0.29) is 17.2 Å². The van der Waals surface area contributed by atoms with Gasteiger partial charge >= 0.3 is 5.69 Å². The van der Waals surface area contributed by atoms with Crippen LogP contribution in [0.1, 0.15) is 19.3 Å². The van der Waals surface area contributed by atoms with Gasteiger partial charge in [-0.25, -0.2) is 8.42 Å². The summed E-state index contributed by atoms with van der Waals surface area (Å²) in [5.74, 6) is 0.913. The maximum absolute atomic E-state index is 11.2. The number of hydrogen-bond donors (Lipinski definition) is 0. The summed E-state index contributed by atoms with van der Waals surface area (Å²) in [5.41, 5.74) is 0.855. The fourth-order valence-electron chi connectivity index (χ4n) is 2.87. The molecule has 1 fully saturated rings. The summed E-state index contributed by atoms with van der Waals surface area (Å²) in [6.07, 6.45) is 3.82. The molecule has 128 valence electrons. The first kappa shape index (κ1) is 17.5. The number of nitro benzene ring substituents is 1. The number of ether oxygens (including phenoxy) is 1. The van der Waals surface area contributed by atoms with E-state index in [4.69, 9.17) is 4.74 Å². The molecule has 7 nitrogen and oxygen atoms in total. The summed E-state index contributed by atoms with van der Waals surface area (Å²) in [6, 6.07) is 4.89. The highest BCUT2D eigenvalue weighted by atomic mass is 32.2. The Morgan fingerprint density at radius 2 is 2.00 bits per heavy atom. The first-order valence-corrected chi connectivity index (χ1v) is 9.61. The lowest BCUT2D eigenvalue weighted by Gasteiger charge is -2.33. The SMILES string of the molecule is COc1cc(N2CCC(CCS(C)(=O)=O)CC2)ccc1[N+](=O)[O-]. The molecule has 1 aromatic rings. The van der Waals surface area contributed by atoms with Crippen molar-refractivity contribution in [3.05, 3.63) is 28.3 Å². The molecule has 0 N–H and O–H groups in total. The molecular weight excluding hydrogens is 320 g/mol. The van der Waals surface area contributed by atoms with Crippen LogP contribution in [0.25, 0.3) is 0 Å². The average Bonchev–Trinajstić information content (AvgIpc) is 2.52. The Morgan fingerprint density at radius 1 is 1.35 bits per heavy atom. The topological polar surface area (TPSA) is 89.8 Å². The zero-order valence-electron chi connectivity index (χ0n) is 13.4. The molecule has 1 heterocycles.